The standard InChI is InChI=1S/C31H24F4N4O3/c1-36-30(41)24-12-17(4-6-25(24)35)21-3-2-8-37-29(21)27(11-16-9-19(33)13-20(34)10-16)38-28(40)15-23-22-14-18(32)5-7-26(22)39-31(23)42/h2-10,12-14,23,27H,11,15H2,1H3,(H,36,41)(H,38,40)(H,39,42)/t23?,27-/m0/s1. The summed E-state index contributed by atoms with van der Waals surface area (Å²) in [6.45, 7) is 0. The van der Waals surface area contributed by atoms with Gasteiger partial charge in [-0.25, -0.2) is 17.6 Å². The molecule has 11 heteroatoms. The van der Waals surface area contributed by atoms with Gasteiger partial charge >= 0.3 is 0 Å². The molecular formula is C31H24F4N4O3. The van der Waals surface area contributed by atoms with E-state index in [-0.39, 0.29) is 29.7 Å². The highest BCUT2D eigenvalue weighted by atomic mass is 19.1. The van der Waals surface area contributed by atoms with E-state index in [9.17, 15) is 31.9 Å². The third-order valence-corrected chi connectivity index (χ3v) is 6.97. The predicted octanol–water partition coefficient (Wildman–Crippen LogP) is 5.19. The summed E-state index contributed by atoms with van der Waals surface area (Å²) in [7, 11) is 1.37. The van der Waals surface area contributed by atoms with Gasteiger partial charge in [0.15, 0.2) is 0 Å². The van der Waals surface area contributed by atoms with Crippen molar-refractivity contribution in [3.8, 4) is 11.1 Å². The molecule has 7 nitrogen and oxygen atoms in total. The van der Waals surface area contributed by atoms with Crippen LogP contribution >= 0.6 is 0 Å². The number of rotatable bonds is 8. The molecule has 214 valence electrons. The third kappa shape index (κ3) is 5.99. The maximum absolute atomic E-state index is 14.4. The Hall–Kier alpha value is -5.06. The average Bonchev–Trinajstić information content (AvgIpc) is 3.25. The molecular weight excluding hydrogens is 552 g/mol. The molecule has 0 spiro atoms. The maximum Gasteiger partial charge on any atom is 0.254 e. The summed E-state index contributed by atoms with van der Waals surface area (Å²) in [6.07, 6.45) is 1.02. The summed E-state index contributed by atoms with van der Waals surface area (Å²) in [5.74, 6) is -5.61. The molecule has 4 aromatic rings. The Morgan fingerprint density at radius 2 is 1.71 bits per heavy atom. The number of aromatic nitrogens is 1. The first-order valence-electron chi connectivity index (χ1n) is 12.9. The minimum absolute atomic E-state index is 0.101. The van der Waals surface area contributed by atoms with Crippen LogP contribution in [0, 0.1) is 23.3 Å². The van der Waals surface area contributed by atoms with Crippen molar-refractivity contribution in [3.05, 3.63) is 119 Å². The number of fused-ring (bicyclic) bond motifs is 1. The van der Waals surface area contributed by atoms with Crippen LogP contribution in [0.4, 0.5) is 23.2 Å². The Morgan fingerprint density at radius 3 is 2.45 bits per heavy atom. The van der Waals surface area contributed by atoms with Crippen LogP contribution in [-0.2, 0) is 16.0 Å². The number of amides is 3. The highest BCUT2D eigenvalue weighted by Gasteiger charge is 2.33. The second kappa shape index (κ2) is 11.8. The first-order valence-corrected chi connectivity index (χ1v) is 12.9. The number of hydrogen-bond acceptors (Lipinski definition) is 4. The number of carbonyl (C=O) groups excluding carboxylic acids is 3. The topological polar surface area (TPSA) is 100 Å². The number of nitrogens with one attached hydrogen (secondary N) is 3. The molecule has 0 radical (unpaired) electrons. The second-order valence-electron chi connectivity index (χ2n) is 9.79. The number of anilines is 1. The van der Waals surface area contributed by atoms with Gasteiger partial charge in [0.1, 0.15) is 23.3 Å². The molecule has 5 rings (SSSR count). The van der Waals surface area contributed by atoms with Crippen LogP contribution in [0.15, 0.2) is 72.9 Å². The number of halogens is 4. The number of nitrogens with zero attached hydrogens (tertiary/aromatic N) is 1. The number of hydrogen-bond donors (Lipinski definition) is 3. The largest absolute Gasteiger partial charge is 0.355 e. The zero-order valence-electron chi connectivity index (χ0n) is 22.2. The fourth-order valence-corrected chi connectivity index (χ4v) is 5.06. The summed E-state index contributed by atoms with van der Waals surface area (Å²) < 4.78 is 56.5. The molecule has 1 aliphatic heterocycles. The van der Waals surface area contributed by atoms with E-state index in [0.717, 1.165) is 24.3 Å². The van der Waals surface area contributed by atoms with E-state index in [0.29, 0.717) is 22.4 Å². The van der Waals surface area contributed by atoms with E-state index in [2.05, 4.69) is 20.9 Å². The number of pyridine rings is 1. The van der Waals surface area contributed by atoms with Crippen LogP contribution < -0.4 is 16.0 Å². The second-order valence-corrected chi connectivity index (χ2v) is 9.79. The van der Waals surface area contributed by atoms with Crippen LogP contribution in [-0.4, -0.2) is 29.8 Å². The van der Waals surface area contributed by atoms with Gasteiger partial charge < -0.3 is 16.0 Å². The highest BCUT2D eigenvalue weighted by molar-refractivity contribution is 6.05. The Kier molecular flexibility index (Phi) is 8.01. The Balaban J connectivity index is 1.51. The van der Waals surface area contributed by atoms with Crippen LogP contribution in [0.25, 0.3) is 11.1 Å². The van der Waals surface area contributed by atoms with Gasteiger partial charge in [-0.15, -0.1) is 0 Å². The Bertz CT molecular complexity index is 1690. The van der Waals surface area contributed by atoms with Crippen LogP contribution in [0.1, 0.15) is 45.6 Å². The van der Waals surface area contributed by atoms with Crippen molar-refractivity contribution in [2.45, 2.75) is 24.8 Å². The zero-order chi connectivity index (χ0) is 30.0. The molecule has 1 aromatic heterocycles. The molecule has 3 amide bonds. The SMILES string of the molecule is CNC(=O)c1cc(-c2cccnc2[C@H](Cc2cc(F)cc(F)c2)NC(=O)CC2C(=O)Nc3ccc(F)cc32)ccc1F. The van der Waals surface area contributed by atoms with E-state index < -0.39 is 53.0 Å². The quantitative estimate of drug-likeness (QED) is 0.252. The molecule has 2 heterocycles. The van der Waals surface area contributed by atoms with E-state index in [1.54, 1.807) is 12.1 Å². The summed E-state index contributed by atoms with van der Waals surface area (Å²) in [5, 5.41) is 7.81. The molecule has 1 unspecified atom stereocenters. The molecule has 0 bridgehead atoms. The van der Waals surface area contributed by atoms with Crippen molar-refractivity contribution < 1.29 is 31.9 Å². The van der Waals surface area contributed by atoms with Gasteiger partial charge in [0, 0.05) is 37.0 Å². The molecule has 0 fully saturated rings. The van der Waals surface area contributed by atoms with Gasteiger partial charge in [-0.2, -0.15) is 0 Å². The first kappa shape index (κ1) is 28.5. The molecule has 42 heavy (non-hydrogen) atoms. The fraction of sp³-hybridized carbons (Fsp3) is 0.161. The highest BCUT2D eigenvalue weighted by Crippen LogP contribution is 2.36. The van der Waals surface area contributed by atoms with Crippen molar-refractivity contribution >= 4 is 23.4 Å². The number of benzene rings is 3. The van der Waals surface area contributed by atoms with E-state index in [1.165, 1.54) is 43.6 Å². The smallest absolute Gasteiger partial charge is 0.254 e. The predicted molar refractivity (Wildman–Crippen MR) is 146 cm³/mol. The van der Waals surface area contributed by atoms with Crippen molar-refractivity contribution in [3.63, 3.8) is 0 Å². The summed E-state index contributed by atoms with van der Waals surface area (Å²) in [5.41, 5.74) is 1.85. The molecule has 0 saturated heterocycles. The van der Waals surface area contributed by atoms with E-state index >= 15 is 0 Å². The lowest BCUT2D eigenvalue weighted by Crippen LogP contribution is -2.33. The molecule has 1 aliphatic rings. The lowest BCUT2D eigenvalue weighted by Gasteiger charge is -2.22. The molecule has 3 N–H and O–H groups in total. The summed E-state index contributed by atoms with van der Waals surface area (Å²) >= 11 is 0. The monoisotopic (exact) mass is 576 g/mol. The lowest BCUT2D eigenvalue weighted by molar-refractivity contribution is -0.125. The summed E-state index contributed by atoms with van der Waals surface area (Å²) in [4.78, 5) is 42.6. The van der Waals surface area contributed by atoms with Crippen molar-refractivity contribution in [1.29, 1.82) is 0 Å². The Morgan fingerprint density at radius 1 is 0.952 bits per heavy atom. The van der Waals surface area contributed by atoms with Gasteiger partial charge in [-0.05, 0) is 71.6 Å². The number of carbonyl (C=O) groups is 3. The molecule has 0 aliphatic carbocycles. The van der Waals surface area contributed by atoms with Crippen LogP contribution in [0.5, 0.6) is 0 Å². The lowest BCUT2D eigenvalue weighted by atomic mass is 9.93. The van der Waals surface area contributed by atoms with Gasteiger partial charge in [0.25, 0.3) is 5.91 Å². The zero-order valence-corrected chi connectivity index (χ0v) is 22.2. The van der Waals surface area contributed by atoms with Crippen molar-refractivity contribution in [1.82, 2.24) is 15.6 Å². The summed E-state index contributed by atoms with van der Waals surface area (Å²) in [6, 6.07) is 13.0. The van der Waals surface area contributed by atoms with Gasteiger partial charge in [-0.1, -0.05) is 12.1 Å². The van der Waals surface area contributed by atoms with Crippen LogP contribution in [0.2, 0.25) is 0 Å². The minimum atomic E-state index is -0.972. The Labute approximate surface area is 238 Å². The van der Waals surface area contributed by atoms with Crippen molar-refractivity contribution in [2.24, 2.45) is 0 Å². The first-order chi connectivity index (χ1) is 20.1. The van der Waals surface area contributed by atoms with E-state index in [1.807, 2.05) is 0 Å². The van der Waals surface area contributed by atoms with Gasteiger partial charge in [0.05, 0.1) is 23.2 Å². The normalized spacial score (nSPS) is 14.6. The molecule has 0 saturated carbocycles. The minimum Gasteiger partial charge on any atom is -0.355 e. The maximum atomic E-state index is 14.4. The van der Waals surface area contributed by atoms with E-state index in [4.69, 9.17) is 0 Å². The average molecular weight is 577 g/mol. The van der Waals surface area contributed by atoms with Crippen LogP contribution in [0.3, 0.4) is 0 Å². The van der Waals surface area contributed by atoms with Crippen molar-refractivity contribution in [2.75, 3.05) is 12.4 Å². The van der Waals surface area contributed by atoms with Gasteiger partial charge in [-0.3, -0.25) is 19.4 Å². The van der Waals surface area contributed by atoms with Gasteiger partial charge in [0.2, 0.25) is 11.8 Å². The third-order valence-electron chi connectivity index (χ3n) is 6.97. The fourth-order valence-electron chi connectivity index (χ4n) is 5.06. The molecule has 3 aromatic carbocycles. The molecule has 2 atom stereocenters.